The zero-order valence-corrected chi connectivity index (χ0v) is 10.9. The van der Waals surface area contributed by atoms with E-state index in [1.165, 1.54) is 18.4 Å². The smallest absolute Gasteiger partial charge is 0.123 e. The van der Waals surface area contributed by atoms with E-state index in [1.807, 2.05) is 6.07 Å². The highest BCUT2D eigenvalue weighted by Gasteiger charge is 2.21. The number of benzene rings is 1. The Kier molecular flexibility index (Phi) is 4.43. The summed E-state index contributed by atoms with van der Waals surface area (Å²) in [6.45, 7) is 6.62. The predicted octanol–water partition coefficient (Wildman–Crippen LogP) is 3.02. The van der Waals surface area contributed by atoms with E-state index in [9.17, 15) is 0 Å². The molecule has 1 atom stereocenters. The SMILES string of the molecule is CC(C)CCCNCC1Cc2ccccc2O1. The van der Waals surface area contributed by atoms with Gasteiger partial charge in [-0.05, 0) is 36.9 Å². The zero-order valence-electron chi connectivity index (χ0n) is 10.9. The molecule has 1 aliphatic heterocycles. The number of hydrogen-bond donors (Lipinski definition) is 1. The summed E-state index contributed by atoms with van der Waals surface area (Å²) in [5.41, 5.74) is 1.35. The number of rotatable bonds is 6. The average Bonchev–Trinajstić information content (AvgIpc) is 2.70. The molecule has 2 rings (SSSR count). The highest BCUT2D eigenvalue weighted by Crippen LogP contribution is 2.27. The first-order chi connectivity index (χ1) is 8.25. The van der Waals surface area contributed by atoms with Crippen LogP contribution in [-0.4, -0.2) is 19.2 Å². The molecule has 0 spiro atoms. The molecular formula is C15H23NO. The van der Waals surface area contributed by atoms with Gasteiger partial charge in [-0.15, -0.1) is 0 Å². The van der Waals surface area contributed by atoms with Crippen LogP contribution < -0.4 is 10.1 Å². The Bertz CT molecular complexity index is 324. The normalized spacial score (nSPS) is 18.2. The van der Waals surface area contributed by atoms with E-state index in [2.05, 4.69) is 37.4 Å². The summed E-state index contributed by atoms with van der Waals surface area (Å²) in [6, 6.07) is 8.35. The second-order valence-electron chi connectivity index (χ2n) is 5.29. The third-order valence-corrected chi connectivity index (χ3v) is 3.22. The molecule has 0 aromatic heterocycles. The lowest BCUT2D eigenvalue weighted by Gasteiger charge is -2.12. The van der Waals surface area contributed by atoms with Crippen molar-refractivity contribution in [1.82, 2.24) is 5.32 Å². The summed E-state index contributed by atoms with van der Waals surface area (Å²) in [7, 11) is 0. The molecule has 2 heteroatoms. The van der Waals surface area contributed by atoms with E-state index < -0.39 is 0 Å². The third kappa shape index (κ3) is 3.74. The molecule has 0 amide bonds. The van der Waals surface area contributed by atoms with Crippen LogP contribution in [0.1, 0.15) is 32.3 Å². The number of hydrogen-bond acceptors (Lipinski definition) is 2. The van der Waals surface area contributed by atoms with Crippen molar-refractivity contribution in [1.29, 1.82) is 0 Å². The second kappa shape index (κ2) is 6.06. The Hall–Kier alpha value is -1.02. The fraction of sp³-hybridized carbons (Fsp3) is 0.600. The van der Waals surface area contributed by atoms with E-state index in [4.69, 9.17) is 4.74 Å². The predicted molar refractivity (Wildman–Crippen MR) is 71.5 cm³/mol. The van der Waals surface area contributed by atoms with Gasteiger partial charge in [0.1, 0.15) is 11.9 Å². The molecule has 1 unspecified atom stereocenters. The van der Waals surface area contributed by atoms with Crippen LogP contribution in [0.2, 0.25) is 0 Å². The van der Waals surface area contributed by atoms with Crippen LogP contribution in [0.15, 0.2) is 24.3 Å². The Morgan fingerprint density at radius 2 is 2.18 bits per heavy atom. The van der Waals surface area contributed by atoms with Crippen molar-refractivity contribution in [2.45, 2.75) is 39.2 Å². The molecule has 0 radical (unpaired) electrons. The van der Waals surface area contributed by atoms with Gasteiger partial charge in [0.05, 0.1) is 0 Å². The topological polar surface area (TPSA) is 21.3 Å². The Labute approximate surface area is 104 Å². The highest BCUT2D eigenvalue weighted by atomic mass is 16.5. The lowest BCUT2D eigenvalue weighted by molar-refractivity contribution is 0.227. The molecule has 17 heavy (non-hydrogen) atoms. The van der Waals surface area contributed by atoms with Crippen molar-refractivity contribution in [2.24, 2.45) is 5.92 Å². The number of fused-ring (bicyclic) bond motifs is 1. The van der Waals surface area contributed by atoms with Gasteiger partial charge in [0, 0.05) is 13.0 Å². The molecule has 1 aromatic carbocycles. The second-order valence-corrected chi connectivity index (χ2v) is 5.29. The van der Waals surface area contributed by atoms with Gasteiger partial charge in [0.2, 0.25) is 0 Å². The molecule has 1 aromatic rings. The lowest BCUT2D eigenvalue weighted by atomic mass is 10.1. The standard InChI is InChI=1S/C15H23NO/c1-12(2)6-5-9-16-11-14-10-13-7-3-4-8-15(13)17-14/h3-4,7-8,12,14,16H,5-6,9-11H2,1-2H3. The maximum Gasteiger partial charge on any atom is 0.123 e. The summed E-state index contributed by atoms with van der Waals surface area (Å²) in [6.07, 6.45) is 3.94. The van der Waals surface area contributed by atoms with Gasteiger partial charge < -0.3 is 10.1 Å². The molecule has 0 saturated heterocycles. The van der Waals surface area contributed by atoms with Crippen molar-refractivity contribution in [3.63, 3.8) is 0 Å². The maximum atomic E-state index is 5.87. The van der Waals surface area contributed by atoms with Crippen LogP contribution in [-0.2, 0) is 6.42 Å². The van der Waals surface area contributed by atoms with Gasteiger partial charge in [-0.25, -0.2) is 0 Å². The van der Waals surface area contributed by atoms with Crippen LogP contribution >= 0.6 is 0 Å². The molecule has 2 nitrogen and oxygen atoms in total. The molecule has 0 bridgehead atoms. The van der Waals surface area contributed by atoms with Gasteiger partial charge in [-0.1, -0.05) is 32.0 Å². The van der Waals surface area contributed by atoms with Crippen LogP contribution in [0.5, 0.6) is 5.75 Å². The molecule has 1 aliphatic rings. The van der Waals surface area contributed by atoms with Crippen LogP contribution in [0, 0.1) is 5.92 Å². The molecule has 0 fully saturated rings. The quantitative estimate of drug-likeness (QED) is 0.763. The van der Waals surface area contributed by atoms with E-state index in [0.717, 1.165) is 31.2 Å². The van der Waals surface area contributed by atoms with Gasteiger partial charge in [-0.2, -0.15) is 0 Å². The summed E-state index contributed by atoms with van der Waals surface area (Å²) in [5, 5.41) is 3.49. The van der Waals surface area contributed by atoms with Crippen molar-refractivity contribution < 1.29 is 4.74 Å². The van der Waals surface area contributed by atoms with Crippen LogP contribution in [0.4, 0.5) is 0 Å². The first-order valence-electron chi connectivity index (χ1n) is 6.71. The minimum absolute atomic E-state index is 0.325. The zero-order chi connectivity index (χ0) is 12.1. The summed E-state index contributed by atoms with van der Waals surface area (Å²) in [5.74, 6) is 1.88. The van der Waals surface area contributed by atoms with Crippen molar-refractivity contribution in [3.8, 4) is 5.75 Å². The van der Waals surface area contributed by atoms with Gasteiger partial charge in [-0.3, -0.25) is 0 Å². The van der Waals surface area contributed by atoms with E-state index in [1.54, 1.807) is 0 Å². The van der Waals surface area contributed by atoms with Crippen LogP contribution in [0.25, 0.3) is 0 Å². The average molecular weight is 233 g/mol. The molecule has 0 aliphatic carbocycles. The lowest BCUT2D eigenvalue weighted by Crippen LogP contribution is -2.30. The maximum absolute atomic E-state index is 5.87. The highest BCUT2D eigenvalue weighted by molar-refractivity contribution is 5.37. The third-order valence-electron chi connectivity index (χ3n) is 3.22. The van der Waals surface area contributed by atoms with Gasteiger partial charge >= 0.3 is 0 Å². The molecule has 0 saturated carbocycles. The van der Waals surface area contributed by atoms with E-state index in [-0.39, 0.29) is 0 Å². The number of ether oxygens (including phenoxy) is 1. The van der Waals surface area contributed by atoms with Gasteiger partial charge in [0.25, 0.3) is 0 Å². The van der Waals surface area contributed by atoms with Crippen LogP contribution in [0.3, 0.4) is 0 Å². The monoisotopic (exact) mass is 233 g/mol. The molecule has 1 heterocycles. The van der Waals surface area contributed by atoms with Gasteiger partial charge in [0.15, 0.2) is 0 Å². The fourth-order valence-electron chi connectivity index (χ4n) is 2.27. The first kappa shape index (κ1) is 12.4. The van der Waals surface area contributed by atoms with E-state index >= 15 is 0 Å². The number of para-hydroxylation sites is 1. The van der Waals surface area contributed by atoms with E-state index in [0.29, 0.717) is 6.10 Å². The molecular weight excluding hydrogens is 210 g/mol. The Balaban J connectivity index is 1.63. The largest absolute Gasteiger partial charge is 0.488 e. The van der Waals surface area contributed by atoms with Crippen molar-refractivity contribution in [2.75, 3.05) is 13.1 Å². The van der Waals surface area contributed by atoms with Crippen molar-refractivity contribution in [3.05, 3.63) is 29.8 Å². The Morgan fingerprint density at radius 1 is 1.35 bits per heavy atom. The first-order valence-corrected chi connectivity index (χ1v) is 6.71. The summed E-state index contributed by atoms with van der Waals surface area (Å²) in [4.78, 5) is 0. The Morgan fingerprint density at radius 3 is 2.94 bits per heavy atom. The van der Waals surface area contributed by atoms with Crippen molar-refractivity contribution >= 4 is 0 Å². The minimum atomic E-state index is 0.325. The fourth-order valence-corrected chi connectivity index (χ4v) is 2.27. The summed E-state index contributed by atoms with van der Waals surface area (Å²) >= 11 is 0. The molecule has 1 N–H and O–H groups in total. The summed E-state index contributed by atoms with van der Waals surface area (Å²) < 4.78 is 5.87. The number of nitrogens with one attached hydrogen (secondary N) is 1. The minimum Gasteiger partial charge on any atom is -0.488 e. The molecule has 94 valence electrons.